The molecule has 1 N–H and O–H groups in total. The molecule has 1 rings (SSSR count). The summed E-state index contributed by atoms with van der Waals surface area (Å²) in [5.41, 5.74) is 0. The third-order valence-electron chi connectivity index (χ3n) is 2.34. The molecule has 1 aromatic heterocycles. The van der Waals surface area contributed by atoms with Gasteiger partial charge in [0, 0.05) is 4.88 Å². The Morgan fingerprint density at radius 3 is 3.07 bits per heavy atom. The smallest absolute Gasteiger partial charge is 0.0687 e. The maximum absolute atomic E-state index is 5.46. The number of hydrogen-bond donors (Lipinski definition) is 1. The Morgan fingerprint density at radius 1 is 1.60 bits per heavy atom. The minimum absolute atomic E-state index is 0.255. The van der Waals surface area contributed by atoms with Crippen LogP contribution >= 0.6 is 11.3 Å². The van der Waals surface area contributed by atoms with Gasteiger partial charge in [-0.05, 0) is 43.7 Å². The number of nitrogens with one attached hydrogen (secondary N) is 1. The van der Waals surface area contributed by atoms with Gasteiger partial charge in [0.1, 0.15) is 0 Å². The standard InChI is InChI=1S/C13H19NS/c1-3-10-14-12(4-2)7-5-8-13-9-6-11-15-13/h2,6,9,11-12,14H,3,5,7-8,10H2,1H3. The predicted molar refractivity (Wildman–Crippen MR) is 68.2 cm³/mol. The van der Waals surface area contributed by atoms with Crippen LogP contribution in [0.15, 0.2) is 17.5 Å². The first kappa shape index (κ1) is 12.3. The van der Waals surface area contributed by atoms with Crippen LogP contribution in [0.5, 0.6) is 0 Å². The summed E-state index contributed by atoms with van der Waals surface area (Å²) in [6.45, 7) is 3.18. The molecule has 0 amide bonds. The van der Waals surface area contributed by atoms with Crippen molar-refractivity contribution in [2.24, 2.45) is 0 Å². The fraction of sp³-hybridized carbons (Fsp3) is 0.538. The molecule has 0 fully saturated rings. The van der Waals surface area contributed by atoms with Gasteiger partial charge in [0.25, 0.3) is 0 Å². The van der Waals surface area contributed by atoms with Crippen LogP contribution in [0.2, 0.25) is 0 Å². The summed E-state index contributed by atoms with van der Waals surface area (Å²) >= 11 is 1.83. The zero-order valence-corrected chi connectivity index (χ0v) is 10.1. The molecular weight excluding hydrogens is 202 g/mol. The lowest BCUT2D eigenvalue weighted by atomic mass is 10.1. The minimum Gasteiger partial charge on any atom is -0.304 e. The second-order valence-corrected chi connectivity index (χ2v) is 4.68. The van der Waals surface area contributed by atoms with Gasteiger partial charge in [-0.25, -0.2) is 0 Å². The van der Waals surface area contributed by atoms with E-state index in [0.717, 1.165) is 25.8 Å². The molecule has 0 spiro atoms. The van der Waals surface area contributed by atoms with Crippen LogP contribution in [0.25, 0.3) is 0 Å². The molecular formula is C13H19NS. The van der Waals surface area contributed by atoms with E-state index in [1.165, 1.54) is 11.3 Å². The van der Waals surface area contributed by atoms with Crippen molar-refractivity contribution in [2.75, 3.05) is 6.54 Å². The van der Waals surface area contributed by atoms with Gasteiger partial charge in [0.2, 0.25) is 0 Å². The van der Waals surface area contributed by atoms with Crippen LogP contribution in [-0.2, 0) is 6.42 Å². The van der Waals surface area contributed by atoms with E-state index in [1.807, 2.05) is 11.3 Å². The third-order valence-corrected chi connectivity index (χ3v) is 3.27. The normalized spacial score (nSPS) is 12.3. The van der Waals surface area contributed by atoms with Gasteiger partial charge in [0.05, 0.1) is 6.04 Å². The molecule has 0 saturated carbocycles. The molecule has 0 aliphatic heterocycles. The van der Waals surface area contributed by atoms with E-state index in [1.54, 1.807) is 0 Å². The molecule has 2 heteroatoms. The number of terminal acetylenes is 1. The number of thiophene rings is 1. The summed E-state index contributed by atoms with van der Waals surface area (Å²) in [6, 6.07) is 4.55. The van der Waals surface area contributed by atoms with Gasteiger partial charge in [-0.15, -0.1) is 17.8 Å². The van der Waals surface area contributed by atoms with Crippen LogP contribution in [0.3, 0.4) is 0 Å². The quantitative estimate of drug-likeness (QED) is 0.698. The van der Waals surface area contributed by atoms with Crippen molar-refractivity contribution in [1.29, 1.82) is 0 Å². The lowest BCUT2D eigenvalue weighted by Gasteiger charge is -2.11. The molecule has 1 unspecified atom stereocenters. The number of hydrogen-bond acceptors (Lipinski definition) is 2. The van der Waals surface area contributed by atoms with Crippen LogP contribution < -0.4 is 5.32 Å². The molecule has 1 nitrogen and oxygen atoms in total. The van der Waals surface area contributed by atoms with Crippen LogP contribution in [0.4, 0.5) is 0 Å². The molecule has 1 heterocycles. The molecule has 82 valence electrons. The van der Waals surface area contributed by atoms with Crippen molar-refractivity contribution in [1.82, 2.24) is 5.32 Å². The zero-order valence-electron chi connectivity index (χ0n) is 9.33. The third kappa shape index (κ3) is 5.01. The summed E-state index contributed by atoms with van der Waals surface area (Å²) in [5.74, 6) is 2.81. The van der Waals surface area contributed by atoms with E-state index in [-0.39, 0.29) is 6.04 Å². The van der Waals surface area contributed by atoms with Crippen molar-refractivity contribution in [2.45, 2.75) is 38.6 Å². The Morgan fingerprint density at radius 2 is 2.47 bits per heavy atom. The lowest BCUT2D eigenvalue weighted by molar-refractivity contribution is 0.549. The van der Waals surface area contributed by atoms with Crippen molar-refractivity contribution < 1.29 is 0 Å². The molecule has 0 aliphatic carbocycles. The first-order valence-corrected chi connectivity index (χ1v) is 6.46. The molecule has 0 saturated heterocycles. The molecule has 0 radical (unpaired) electrons. The van der Waals surface area contributed by atoms with Crippen molar-refractivity contribution in [3.63, 3.8) is 0 Å². The topological polar surface area (TPSA) is 12.0 Å². The Hall–Kier alpha value is -0.780. The Labute approximate surface area is 96.9 Å². The van der Waals surface area contributed by atoms with E-state index in [9.17, 15) is 0 Å². The summed E-state index contributed by atoms with van der Waals surface area (Å²) < 4.78 is 0. The minimum atomic E-state index is 0.255. The summed E-state index contributed by atoms with van der Waals surface area (Å²) in [6.07, 6.45) is 10.0. The predicted octanol–water partition coefficient (Wildman–Crippen LogP) is 3.07. The van der Waals surface area contributed by atoms with Crippen molar-refractivity contribution in [3.8, 4) is 12.3 Å². The number of rotatable bonds is 7. The highest BCUT2D eigenvalue weighted by molar-refractivity contribution is 7.09. The second kappa shape index (κ2) is 7.50. The highest BCUT2D eigenvalue weighted by atomic mass is 32.1. The SMILES string of the molecule is C#CC(CCCc1cccs1)NCCC. The fourth-order valence-electron chi connectivity index (χ4n) is 1.50. The van der Waals surface area contributed by atoms with E-state index in [4.69, 9.17) is 6.42 Å². The highest BCUT2D eigenvalue weighted by Gasteiger charge is 2.03. The largest absolute Gasteiger partial charge is 0.304 e. The van der Waals surface area contributed by atoms with Crippen molar-refractivity contribution in [3.05, 3.63) is 22.4 Å². The monoisotopic (exact) mass is 221 g/mol. The lowest BCUT2D eigenvalue weighted by Crippen LogP contribution is -2.28. The molecule has 0 bridgehead atoms. The van der Waals surface area contributed by atoms with E-state index >= 15 is 0 Å². The van der Waals surface area contributed by atoms with Gasteiger partial charge in [-0.3, -0.25) is 0 Å². The molecule has 0 aliphatic rings. The van der Waals surface area contributed by atoms with Gasteiger partial charge in [0.15, 0.2) is 0 Å². The maximum Gasteiger partial charge on any atom is 0.0687 e. The first-order chi connectivity index (χ1) is 7.36. The maximum atomic E-state index is 5.46. The Kier molecular flexibility index (Phi) is 6.15. The Balaban J connectivity index is 2.15. The van der Waals surface area contributed by atoms with Crippen molar-refractivity contribution >= 4 is 11.3 Å². The van der Waals surface area contributed by atoms with E-state index in [2.05, 4.69) is 35.7 Å². The average molecular weight is 221 g/mol. The van der Waals surface area contributed by atoms with Crippen LogP contribution in [0, 0.1) is 12.3 Å². The zero-order chi connectivity index (χ0) is 10.9. The second-order valence-electron chi connectivity index (χ2n) is 3.64. The average Bonchev–Trinajstić information content (AvgIpc) is 2.76. The van der Waals surface area contributed by atoms with Crippen LogP contribution in [0.1, 0.15) is 31.1 Å². The van der Waals surface area contributed by atoms with Gasteiger partial charge < -0.3 is 5.32 Å². The summed E-state index contributed by atoms with van der Waals surface area (Å²) in [5, 5.41) is 5.49. The molecule has 1 aromatic rings. The highest BCUT2D eigenvalue weighted by Crippen LogP contribution is 2.12. The van der Waals surface area contributed by atoms with E-state index < -0.39 is 0 Å². The van der Waals surface area contributed by atoms with E-state index in [0.29, 0.717) is 0 Å². The molecule has 0 aromatic carbocycles. The van der Waals surface area contributed by atoms with Gasteiger partial charge in [-0.2, -0.15) is 0 Å². The molecule has 15 heavy (non-hydrogen) atoms. The summed E-state index contributed by atoms with van der Waals surface area (Å²) in [7, 11) is 0. The van der Waals surface area contributed by atoms with Gasteiger partial charge >= 0.3 is 0 Å². The number of aryl methyl sites for hydroxylation is 1. The van der Waals surface area contributed by atoms with Gasteiger partial charge in [-0.1, -0.05) is 18.9 Å². The Bertz CT molecular complexity index is 284. The first-order valence-electron chi connectivity index (χ1n) is 5.58. The van der Waals surface area contributed by atoms with Crippen LogP contribution in [-0.4, -0.2) is 12.6 Å². The molecule has 1 atom stereocenters. The summed E-state index contributed by atoms with van der Waals surface area (Å²) in [4.78, 5) is 1.46. The fourth-order valence-corrected chi connectivity index (χ4v) is 2.25.